The van der Waals surface area contributed by atoms with Crippen molar-refractivity contribution in [2.45, 2.75) is 65.8 Å². The fourth-order valence-corrected chi connectivity index (χ4v) is 4.15. The number of benzene rings is 2. The number of ether oxygens (including phenoxy) is 1. The number of hydrogen-bond acceptors (Lipinski definition) is 5. The molecule has 0 saturated heterocycles. The first-order valence-corrected chi connectivity index (χ1v) is 12.3. The van der Waals surface area contributed by atoms with Crippen LogP contribution in [0, 0.1) is 11.3 Å². The van der Waals surface area contributed by atoms with Crippen LogP contribution in [-0.2, 0) is 28.9 Å². The molecular formula is C29H33N3O3. The molecule has 6 heteroatoms. The minimum atomic E-state index is -0.415. The third kappa shape index (κ3) is 6.24. The number of nitriles is 1. The van der Waals surface area contributed by atoms with Crippen LogP contribution < -0.4 is 5.56 Å². The third-order valence-electron chi connectivity index (χ3n) is 5.95. The fraction of sp³-hybridized carbons (Fsp3) is 0.379. The summed E-state index contributed by atoms with van der Waals surface area (Å²) in [5, 5.41) is 9.42. The Balaban J connectivity index is 2.03. The summed E-state index contributed by atoms with van der Waals surface area (Å²) in [7, 11) is 0. The standard InChI is InChI=1S/C29H33N3O3/c1-5-7-12-26-31-28(20(3)4)25(17-27(33)35-6-2)29(34)32(26)19-21-13-15-22(16-14-21)24-11-9-8-10-23(24)18-30/h8-11,13-16,20H,5-7,12,17,19H2,1-4H3. The Morgan fingerprint density at radius 3 is 2.46 bits per heavy atom. The summed E-state index contributed by atoms with van der Waals surface area (Å²) in [4.78, 5) is 30.8. The van der Waals surface area contributed by atoms with E-state index in [0.717, 1.165) is 35.4 Å². The Kier molecular flexibility index (Phi) is 8.97. The molecule has 0 bridgehead atoms. The Bertz CT molecular complexity index is 1270. The van der Waals surface area contributed by atoms with Crippen molar-refractivity contribution in [2.24, 2.45) is 0 Å². The maximum Gasteiger partial charge on any atom is 0.310 e. The van der Waals surface area contributed by atoms with Gasteiger partial charge in [-0.1, -0.05) is 69.7 Å². The molecule has 0 spiro atoms. The van der Waals surface area contributed by atoms with E-state index in [1.165, 1.54) is 0 Å². The number of hydrogen-bond donors (Lipinski definition) is 0. The van der Waals surface area contributed by atoms with Crippen LogP contribution in [0.2, 0.25) is 0 Å². The average Bonchev–Trinajstić information content (AvgIpc) is 2.86. The topological polar surface area (TPSA) is 85.0 Å². The Hall–Kier alpha value is -3.72. The smallest absolute Gasteiger partial charge is 0.310 e. The number of aromatic nitrogens is 2. The van der Waals surface area contributed by atoms with Crippen molar-refractivity contribution in [3.8, 4) is 17.2 Å². The van der Waals surface area contributed by atoms with E-state index in [9.17, 15) is 14.9 Å². The summed E-state index contributed by atoms with van der Waals surface area (Å²) >= 11 is 0. The van der Waals surface area contributed by atoms with Gasteiger partial charge < -0.3 is 4.74 Å². The molecule has 0 aliphatic rings. The lowest BCUT2D eigenvalue weighted by Gasteiger charge is -2.19. The van der Waals surface area contributed by atoms with E-state index in [0.29, 0.717) is 29.8 Å². The second-order valence-electron chi connectivity index (χ2n) is 8.88. The van der Waals surface area contributed by atoms with Crippen molar-refractivity contribution in [3.63, 3.8) is 0 Å². The van der Waals surface area contributed by atoms with Crippen molar-refractivity contribution in [2.75, 3.05) is 6.61 Å². The minimum Gasteiger partial charge on any atom is -0.466 e. The molecule has 0 saturated carbocycles. The first-order chi connectivity index (χ1) is 16.9. The Morgan fingerprint density at radius 1 is 1.11 bits per heavy atom. The highest BCUT2D eigenvalue weighted by atomic mass is 16.5. The van der Waals surface area contributed by atoms with Crippen molar-refractivity contribution < 1.29 is 9.53 Å². The molecule has 0 unspecified atom stereocenters. The first kappa shape index (κ1) is 25.9. The molecule has 0 aliphatic carbocycles. The molecule has 0 N–H and O–H groups in total. The lowest BCUT2D eigenvalue weighted by molar-refractivity contribution is -0.142. The zero-order valence-electron chi connectivity index (χ0n) is 21.0. The highest BCUT2D eigenvalue weighted by molar-refractivity contribution is 5.73. The summed E-state index contributed by atoms with van der Waals surface area (Å²) in [6.45, 7) is 8.47. The van der Waals surface area contributed by atoms with Crippen LogP contribution in [0.25, 0.3) is 11.1 Å². The molecule has 182 valence electrons. The van der Waals surface area contributed by atoms with Crippen molar-refractivity contribution >= 4 is 5.97 Å². The van der Waals surface area contributed by atoms with Crippen LogP contribution in [0.1, 0.15) is 74.7 Å². The zero-order valence-corrected chi connectivity index (χ0v) is 21.0. The number of esters is 1. The predicted molar refractivity (Wildman–Crippen MR) is 137 cm³/mol. The molecule has 6 nitrogen and oxygen atoms in total. The lowest BCUT2D eigenvalue weighted by atomic mass is 9.99. The first-order valence-electron chi connectivity index (χ1n) is 12.3. The second-order valence-corrected chi connectivity index (χ2v) is 8.88. The van der Waals surface area contributed by atoms with Gasteiger partial charge in [0.25, 0.3) is 5.56 Å². The van der Waals surface area contributed by atoms with Gasteiger partial charge in [0.1, 0.15) is 5.82 Å². The van der Waals surface area contributed by atoms with E-state index in [2.05, 4.69) is 13.0 Å². The molecule has 3 aromatic rings. The van der Waals surface area contributed by atoms with Crippen molar-refractivity contribution in [1.82, 2.24) is 9.55 Å². The van der Waals surface area contributed by atoms with E-state index >= 15 is 0 Å². The predicted octanol–water partition coefficient (Wildman–Crippen LogP) is 5.40. The van der Waals surface area contributed by atoms with Crippen LogP contribution in [0.15, 0.2) is 53.3 Å². The Morgan fingerprint density at radius 2 is 1.83 bits per heavy atom. The van der Waals surface area contributed by atoms with Gasteiger partial charge in [0.2, 0.25) is 0 Å². The van der Waals surface area contributed by atoms with E-state index in [1.54, 1.807) is 17.6 Å². The van der Waals surface area contributed by atoms with Crippen LogP contribution >= 0.6 is 0 Å². The van der Waals surface area contributed by atoms with Gasteiger partial charge in [-0.25, -0.2) is 4.98 Å². The van der Waals surface area contributed by atoms with E-state index in [-0.39, 0.29) is 24.5 Å². The highest BCUT2D eigenvalue weighted by Gasteiger charge is 2.21. The average molecular weight is 472 g/mol. The number of unbranched alkanes of at least 4 members (excludes halogenated alkanes) is 1. The quantitative estimate of drug-likeness (QED) is 0.370. The van der Waals surface area contributed by atoms with Gasteiger partial charge in [-0.15, -0.1) is 0 Å². The highest BCUT2D eigenvalue weighted by Crippen LogP contribution is 2.24. The maximum atomic E-state index is 13.7. The molecule has 1 aromatic heterocycles. The second kappa shape index (κ2) is 12.1. The molecule has 1 heterocycles. The largest absolute Gasteiger partial charge is 0.466 e. The van der Waals surface area contributed by atoms with Gasteiger partial charge >= 0.3 is 5.97 Å². The van der Waals surface area contributed by atoms with E-state index < -0.39 is 5.97 Å². The SMILES string of the molecule is CCCCc1nc(C(C)C)c(CC(=O)OCC)c(=O)n1Cc1ccc(-c2ccccc2C#N)cc1. The summed E-state index contributed by atoms with van der Waals surface area (Å²) in [6.07, 6.45) is 2.53. The normalized spacial score (nSPS) is 10.9. The van der Waals surface area contributed by atoms with Crippen LogP contribution in [0.4, 0.5) is 0 Å². The monoisotopic (exact) mass is 471 g/mol. The number of rotatable bonds is 10. The summed E-state index contributed by atoms with van der Waals surface area (Å²) in [5.41, 5.74) is 4.30. The molecular weight excluding hydrogens is 438 g/mol. The fourth-order valence-electron chi connectivity index (χ4n) is 4.15. The maximum absolute atomic E-state index is 13.7. The van der Waals surface area contributed by atoms with Crippen LogP contribution in [-0.4, -0.2) is 22.1 Å². The summed E-state index contributed by atoms with van der Waals surface area (Å²) in [5.74, 6) is 0.343. The van der Waals surface area contributed by atoms with Gasteiger partial charge in [0.05, 0.1) is 42.5 Å². The Labute approximate surface area is 207 Å². The van der Waals surface area contributed by atoms with Crippen molar-refractivity contribution in [1.29, 1.82) is 5.26 Å². The molecule has 3 rings (SSSR count). The van der Waals surface area contributed by atoms with Gasteiger partial charge in [0.15, 0.2) is 0 Å². The minimum absolute atomic E-state index is 0.0154. The number of carbonyl (C=O) groups excluding carboxylic acids is 1. The van der Waals surface area contributed by atoms with Crippen LogP contribution in [0.3, 0.4) is 0 Å². The molecule has 0 aliphatic heterocycles. The van der Waals surface area contributed by atoms with Crippen LogP contribution in [0.5, 0.6) is 0 Å². The molecule has 0 atom stereocenters. The number of nitrogens with zero attached hydrogens (tertiary/aromatic N) is 3. The number of aryl methyl sites for hydroxylation is 1. The zero-order chi connectivity index (χ0) is 25.4. The molecule has 0 amide bonds. The lowest BCUT2D eigenvalue weighted by Crippen LogP contribution is -2.32. The van der Waals surface area contributed by atoms with Gasteiger partial charge in [0, 0.05) is 6.42 Å². The molecule has 35 heavy (non-hydrogen) atoms. The van der Waals surface area contributed by atoms with Gasteiger partial charge in [-0.2, -0.15) is 5.26 Å². The molecule has 0 radical (unpaired) electrons. The summed E-state index contributed by atoms with van der Waals surface area (Å²) < 4.78 is 6.83. The molecule has 2 aromatic carbocycles. The van der Waals surface area contributed by atoms with Gasteiger partial charge in [-0.05, 0) is 42.0 Å². The van der Waals surface area contributed by atoms with E-state index in [1.807, 2.05) is 56.3 Å². The van der Waals surface area contributed by atoms with Gasteiger partial charge in [-0.3, -0.25) is 14.2 Å². The third-order valence-corrected chi connectivity index (χ3v) is 5.95. The van der Waals surface area contributed by atoms with E-state index in [4.69, 9.17) is 9.72 Å². The molecule has 0 fully saturated rings. The number of carbonyl (C=O) groups is 1. The van der Waals surface area contributed by atoms with Crippen molar-refractivity contribution in [3.05, 3.63) is 87.1 Å². The summed E-state index contributed by atoms with van der Waals surface area (Å²) in [6, 6.07) is 17.6.